The van der Waals surface area contributed by atoms with Crippen LogP contribution in [0.3, 0.4) is 0 Å². The fourth-order valence-corrected chi connectivity index (χ4v) is 3.65. The van der Waals surface area contributed by atoms with E-state index >= 15 is 0 Å². The molecule has 0 spiro atoms. The molecule has 5 heteroatoms. The van der Waals surface area contributed by atoms with Crippen LogP contribution in [-0.2, 0) is 4.79 Å². The second-order valence-electron chi connectivity index (χ2n) is 7.60. The Morgan fingerprint density at radius 1 is 0.933 bits per heavy atom. The van der Waals surface area contributed by atoms with E-state index in [0.29, 0.717) is 5.56 Å². The first-order valence-corrected chi connectivity index (χ1v) is 9.94. The van der Waals surface area contributed by atoms with Crippen LogP contribution < -0.4 is 10.7 Å². The van der Waals surface area contributed by atoms with Crippen LogP contribution in [0.15, 0.2) is 78.9 Å². The number of carbonyl (C=O) groups excluding carboxylic acids is 2. The van der Waals surface area contributed by atoms with Gasteiger partial charge < -0.3 is 5.32 Å². The molecule has 1 aliphatic rings. The van der Waals surface area contributed by atoms with Gasteiger partial charge in [-0.05, 0) is 38.1 Å². The number of hydrogen-bond donors (Lipinski definition) is 2. The monoisotopic (exact) mass is 398 g/mol. The van der Waals surface area contributed by atoms with Crippen molar-refractivity contribution in [2.75, 3.05) is 0 Å². The lowest BCUT2D eigenvalue weighted by molar-refractivity contribution is -0.596. The number of hydrazone groups is 1. The lowest BCUT2D eigenvalue weighted by Gasteiger charge is -2.15. The Bertz CT molecular complexity index is 1100. The maximum Gasteiger partial charge on any atom is 0.304 e. The first-order chi connectivity index (χ1) is 14.5. The SMILES string of the molecule is Cc1ccc([C@@H]2[C@H](NC(=O)c3cccc(C)c3)C(=O)N/[N+]2=C\c2ccccc2)cc1. The minimum atomic E-state index is -0.722. The Morgan fingerprint density at radius 2 is 1.67 bits per heavy atom. The van der Waals surface area contributed by atoms with E-state index in [1.165, 1.54) is 0 Å². The fourth-order valence-electron chi connectivity index (χ4n) is 3.65. The van der Waals surface area contributed by atoms with E-state index in [0.717, 1.165) is 22.3 Å². The molecule has 1 heterocycles. The van der Waals surface area contributed by atoms with E-state index in [1.54, 1.807) is 10.8 Å². The molecule has 1 aliphatic heterocycles. The highest BCUT2D eigenvalue weighted by molar-refractivity contribution is 5.98. The summed E-state index contributed by atoms with van der Waals surface area (Å²) in [6, 6.07) is 24.1. The van der Waals surface area contributed by atoms with E-state index in [9.17, 15) is 9.59 Å². The second kappa shape index (κ2) is 8.33. The quantitative estimate of drug-likeness (QED) is 0.663. The van der Waals surface area contributed by atoms with Crippen molar-refractivity contribution >= 4 is 18.0 Å². The van der Waals surface area contributed by atoms with Crippen molar-refractivity contribution in [3.63, 3.8) is 0 Å². The normalized spacial score (nSPS) is 19.5. The molecule has 0 bridgehead atoms. The average Bonchev–Trinajstić information content (AvgIpc) is 3.04. The van der Waals surface area contributed by atoms with Crippen LogP contribution in [0, 0.1) is 13.8 Å². The lowest BCUT2D eigenvalue weighted by Crippen LogP contribution is -2.42. The molecular weight excluding hydrogens is 374 g/mol. The Balaban J connectivity index is 1.70. The topological polar surface area (TPSA) is 61.2 Å². The standard InChI is InChI=1S/C25H23N3O2/c1-17-11-13-20(14-12-17)23-22(26-24(29)21-10-6-7-18(2)15-21)25(30)27-28(23)16-19-8-4-3-5-9-19/h3-16,22-23H,1-2H3,(H-,26,27,29,30)/p+1/b28-16-/t22-,23+/m0/s1. The van der Waals surface area contributed by atoms with Crippen LogP contribution in [0.4, 0.5) is 0 Å². The largest absolute Gasteiger partial charge is 0.334 e. The Morgan fingerprint density at radius 3 is 2.37 bits per heavy atom. The summed E-state index contributed by atoms with van der Waals surface area (Å²) in [7, 11) is 0. The number of hydrogen-bond acceptors (Lipinski definition) is 2. The van der Waals surface area contributed by atoms with Crippen LogP contribution in [0.5, 0.6) is 0 Å². The zero-order valence-corrected chi connectivity index (χ0v) is 17.0. The highest BCUT2D eigenvalue weighted by Gasteiger charge is 2.47. The van der Waals surface area contributed by atoms with Gasteiger partial charge in [-0.25, -0.2) is 0 Å². The number of rotatable bonds is 4. The molecule has 2 amide bonds. The molecule has 2 atom stereocenters. The van der Waals surface area contributed by atoms with Crippen LogP contribution >= 0.6 is 0 Å². The highest BCUT2D eigenvalue weighted by atomic mass is 16.2. The number of nitrogens with zero attached hydrogens (tertiary/aromatic N) is 1. The molecule has 0 aromatic heterocycles. The van der Waals surface area contributed by atoms with E-state index in [2.05, 4.69) is 10.7 Å². The summed E-state index contributed by atoms with van der Waals surface area (Å²) in [4.78, 5) is 25.7. The van der Waals surface area contributed by atoms with Crippen LogP contribution in [-0.4, -0.2) is 28.8 Å². The lowest BCUT2D eigenvalue weighted by atomic mass is 9.98. The number of hydrazine groups is 1. The molecule has 3 aromatic carbocycles. The van der Waals surface area contributed by atoms with Gasteiger partial charge in [-0.15, -0.1) is 10.1 Å². The third-order valence-corrected chi connectivity index (χ3v) is 5.21. The van der Waals surface area contributed by atoms with Crippen molar-refractivity contribution in [2.45, 2.75) is 25.9 Å². The van der Waals surface area contributed by atoms with Gasteiger partial charge in [-0.2, -0.15) is 0 Å². The number of amides is 2. The number of carbonyl (C=O) groups is 2. The number of aryl methyl sites for hydroxylation is 2. The summed E-state index contributed by atoms with van der Waals surface area (Å²) in [6.07, 6.45) is 1.89. The van der Waals surface area contributed by atoms with Crippen LogP contribution in [0.25, 0.3) is 0 Å². The Hall–Kier alpha value is -3.73. The maximum atomic E-state index is 12.9. The van der Waals surface area contributed by atoms with Crippen molar-refractivity contribution in [1.82, 2.24) is 10.7 Å². The molecule has 3 aromatic rings. The van der Waals surface area contributed by atoms with E-state index < -0.39 is 6.04 Å². The molecule has 0 unspecified atom stereocenters. The first-order valence-electron chi connectivity index (χ1n) is 9.94. The van der Waals surface area contributed by atoms with Gasteiger partial charge in [0.05, 0.1) is 0 Å². The first kappa shape index (κ1) is 19.6. The smallest absolute Gasteiger partial charge is 0.304 e. The van der Waals surface area contributed by atoms with Gasteiger partial charge in [-0.3, -0.25) is 9.59 Å². The molecule has 2 N–H and O–H groups in total. The summed E-state index contributed by atoms with van der Waals surface area (Å²) in [6.45, 7) is 3.96. The zero-order chi connectivity index (χ0) is 21.1. The summed E-state index contributed by atoms with van der Waals surface area (Å²) in [5.74, 6) is -0.508. The molecular formula is C25H24N3O2+. The summed E-state index contributed by atoms with van der Waals surface area (Å²) in [5.41, 5.74) is 7.48. The van der Waals surface area contributed by atoms with Crippen molar-refractivity contribution in [3.05, 3.63) is 107 Å². The fraction of sp³-hybridized carbons (Fsp3) is 0.160. The van der Waals surface area contributed by atoms with Gasteiger partial charge >= 0.3 is 5.91 Å². The summed E-state index contributed by atoms with van der Waals surface area (Å²) < 4.78 is 1.78. The van der Waals surface area contributed by atoms with Crippen molar-refractivity contribution < 1.29 is 14.3 Å². The molecule has 1 fully saturated rings. The van der Waals surface area contributed by atoms with Crippen LogP contribution in [0.1, 0.15) is 38.7 Å². The number of benzene rings is 3. The number of nitrogens with one attached hydrogen (secondary N) is 2. The molecule has 0 aliphatic carbocycles. The Labute approximate surface area is 176 Å². The summed E-state index contributed by atoms with van der Waals surface area (Å²) in [5, 5.41) is 2.94. The van der Waals surface area contributed by atoms with Crippen LogP contribution in [0.2, 0.25) is 0 Å². The molecule has 5 nitrogen and oxygen atoms in total. The van der Waals surface area contributed by atoms with Crippen molar-refractivity contribution in [2.24, 2.45) is 0 Å². The molecule has 150 valence electrons. The molecule has 4 rings (SSSR count). The van der Waals surface area contributed by atoms with Gasteiger partial charge in [-0.1, -0.05) is 65.7 Å². The van der Waals surface area contributed by atoms with Gasteiger partial charge in [0.15, 0.2) is 6.04 Å². The van der Waals surface area contributed by atoms with Crippen molar-refractivity contribution in [3.8, 4) is 0 Å². The van der Waals surface area contributed by atoms with Crippen molar-refractivity contribution in [1.29, 1.82) is 0 Å². The van der Waals surface area contributed by atoms with E-state index in [-0.39, 0.29) is 17.9 Å². The summed E-state index contributed by atoms with van der Waals surface area (Å²) >= 11 is 0. The minimum absolute atomic E-state index is 0.242. The van der Waals surface area contributed by atoms with Gasteiger partial charge in [0.1, 0.15) is 0 Å². The molecule has 30 heavy (non-hydrogen) atoms. The zero-order valence-electron chi connectivity index (χ0n) is 17.0. The highest BCUT2D eigenvalue weighted by Crippen LogP contribution is 2.26. The predicted molar refractivity (Wildman–Crippen MR) is 116 cm³/mol. The van der Waals surface area contributed by atoms with E-state index in [1.807, 2.05) is 92.9 Å². The maximum absolute atomic E-state index is 12.9. The molecule has 0 saturated carbocycles. The third-order valence-electron chi connectivity index (χ3n) is 5.21. The molecule has 1 saturated heterocycles. The van der Waals surface area contributed by atoms with E-state index in [4.69, 9.17) is 0 Å². The van der Waals surface area contributed by atoms with Gasteiger partial charge in [0.2, 0.25) is 12.3 Å². The second-order valence-corrected chi connectivity index (χ2v) is 7.60. The average molecular weight is 398 g/mol. The minimum Gasteiger partial charge on any atom is -0.334 e. The van der Waals surface area contributed by atoms with Gasteiger partial charge in [0.25, 0.3) is 5.91 Å². The Kier molecular flexibility index (Phi) is 5.44. The molecule has 0 radical (unpaired) electrons. The van der Waals surface area contributed by atoms with Gasteiger partial charge in [0, 0.05) is 16.7 Å². The predicted octanol–water partition coefficient (Wildman–Crippen LogP) is 3.32. The third kappa shape index (κ3) is 4.15.